The number of aliphatic hydroxyl groups is 1. The van der Waals surface area contributed by atoms with Crippen LogP contribution in [0, 0.1) is 5.82 Å². The van der Waals surface area contributed by atoms with Crippen molar-refractivity contribution >= 4 is 0 Å². The van der Waals surface area contributed by atoms with E-state index in [1.807, 2.05) is 44.2 Å². The van der Waals surface area contributed by atoms with Crippen molar-refractivity contribution in [3.63, 3.8) is 0 Å². The number of aryl methyl sites for hydroxylation is 1. The van der Waals surface area contributed by atoms with Crippen LogP contribution in [-0.2, 0) is 17.7 Å². The summed E-state index contributed by atoms with van der Waals surface area (Å²) in [5.74, 6) is 0.977. The molecule has 0 bridgehead atoms. The molecule has 3 rings (SSSR count). The third-order valence-corrected chi connectivity index (χ3v) is 5.54. The molecule has 0 saturated carbocycles. The van der Waals surface area contributed by atoms with Crippen molar-refractivity contribution in [1.82, 2.24) is 14.7 Å². The third-order valence-electron chi connectivity index (χ3n) is 5.54. The largest absolute Gasteiger partial charge is 0.439 e. The van der Waals surface area contributed by atoms with Crippen LogP contribution in [-0.4, -0.2) is 51.2 Å². The van der Waals surface area contributed by atoms with Gasteiger partial charge in [-0.15, -0.1) is 0 Å². The summed E-state index contributed by atoms with van der Waals surface area (Å²) in [7, 11) is 0. The van der Waals surface area contributed by atoms with Gasteiger partial charge in [-0.3, -0.25) is 4.90 Å². The van der Waals surface area contributed by atoms with Crippen LogP contribution >= 0.6 is 0 Å². The summed E-state index contributed by atoms with van der Waals surface area (Å²) in [6.45, 7) is 11.5. The summed E-state index contributed by atoms with van der Waals surface area (Å²) in [6.07, 6.45) is 0.161. The van der Waals surface area contributed by atoms with Crippen LogP contribution in [0.1, 0.15) is 45.9 Å². The highest BCUT2D eigenvalue weighted by atomic mass is 19.1. The molecule has 7 heteroatoms. The number of halogens is 1. The molecule has 0 radical (unpaired) electrons. The van der Waals surface area contributed by atoms with Crippen molar-refractivity contribution in [2.45, 2.75) is 65.8 Å². The van der Waals surface area contributed by atoms with Crippen molar-refractivity contribution in [2.75, 3.05) is 13.2 Å². The lowest BCUT2D eigenvalue weighted by atomic mass is 10.1. The Balaban J connectivity index is 1.99. The first-order chi connectivity index (χ1) is 16.3. The molecule has 3 aromatic rings. The van der Waals surface area contributed by atoms with Gasteiger partial charge in [0.25, 0.3) is 0 Å². The van der Waals surface area contributed by atoms with E-state index in [2.05, 4.69) is 25.7 Å². The number of nitrogens with zero attached hydrogens (tertiary/aromatic N) is 3. The third kappa shape index (κ3) is 6.88. The summed E-state index contributed by atoms with van der Waals surface area (Å²) in [4.78, 5) is 2.19. The summed E-state index contributed by atoms with van der Waals surface area (Å²) in [5.41, 5.74) is 2.56. The molecule has 2 aromatic carbocycles. The van der Waals surface area contributed by atoms with Gasteiger partial charge in [-0.1, -0.05) is 25.1 Å². The zero-order valence-electron chi connectivity index (χ0n) is 20.7. The monoisotopic (exact) mass is 469 g/mol. The van der Waals surface area contributed by atoms with Gasteiger partial charge in [-0.05, 0) is 70.5 Å². The van der Waals surface area contributed by atoms with Crippen molar-refractivity contribution in [3.05, 3.63) is 71.7 Å². The molecule has 1 aromatic heterocycles. The molecular weight excluding hydrogens is 433 g/mol. The first kappa shape index (κ1) is 25.9. The molecule has 34 heavy (non-hydrogen) atoms. The lowest BCUT2D eigenvalue weighted by Gasteiger charge is -2.29. The Morgan fingerprint density at radius 1 is 1.03 bits per heavy atom. The maximum Gasteiger partial charge on any atom is 0.227 e. The van der Waals surface area contributed by atoms with Crippen LogP contribution < -0.4 is 4.74 Å². The highest BCUT2D eigenvalue weighted by Crippen LogP contribution is 2.32. The topological polar surface area (TPSA) is 59.8 Å². The number of aliphatic hydroxyl groups excluding tert-OH is 1. The molecule has 1 atom stereocenters. The van der Waals surface area contributed by atoms with Gasteiger partial charge in [0.1, 0.15) is 11.6 Å². The van der Waals surface area contributed by atoms with E-state index in [1.165, 1.54) is 12.1 Å². The first-order valence-electron chi connectivity index (χ1n) is 11.9. The molecule has 6 nitrogen and oxygen atoms in total. The number of ether oxygens (including phenoxy) is 2. The number of benzene rings is 2. The highest BCUT2D eigenvalue weighted by Gasteiger charge is 2.25. The number of para-hydroxylation sites is 1. The van der Waals surface area contributed by atoms with Gasteiger partial charge in [0.05, 0.1) is 35.8 Å². The van der Waals surface area contributed by atoms with Crippen molar-refractivity contribution < 1.29 is 19.0 Å². The highest BCUT2D eigenvalue weighted by molar-refractivity contribution is 5.44. The second kappa shape index (κ2) is 12.1. The Bertz CT molecular complexity index is 1020. The minimum Gasteiger partial charge on any atom is -0.439 e. The first-order valence-corrected chi connectivity index (χ1v) is 11.9. The molecule has 0 fully saturated rings. The molecular formula is C27H36FN3O3. The maximum atomic E-state index is 13.6. The van der Waals surface area contributed by atoms with E-state index >= 15 is 0 Å². The Morgan fingerprint density at radius 3 is 2.29 bits per heavy atom. The van der Waals surface area contributed by atoms with E-state index in [4.69, 9.17) is 14.6 Å². The average molecular weight is 470 g/mol. The second-order valence-corrected chi connectivity index (χ2v) is 8.95. The van der Waals surface area contributed by atoms with Gasteiger partial charge < -0.3 is 14.6 Å². The lowest BCUT2D eigenvalue weighted by Crippen LogP contribution is -2.39. The number of hydrogen-bond donors (Lipinski definition) is 1. The van der Waals surface area contributed by atoms with Gasteiger partial charge in [-0.2, -0.15) is 5.10 Å². The SMILES string of the molecule is CCc1nn(-c2ccc(F)cc2)c(Oc2ccccc2)c1CN(CC(O)COC(C)C)C(C)C. The second-order valence-electron chi connectivity index (χ2n) is 8.95. The number of rotatable bonds is 12. The number of hydrogen-bond acceptors (Lipinski definition) is 5. The van der Waals surface area contributed by atoms with E-state index in [0.29, 0.717) is 31.1 Å². The van der Waals surface area contributed by atoms with E-state index in [0.717, 1.165) is 16.9 Å². The van der Waals surface area contributed by atoms with Crippen LogP contribution in [0.4, 0.5) is 4.39 Å². The van der Waals surface area contributed by atoms with E-state index in [1.54, 1.807) is 16.8 Å². The molecule has 0 aliphatic carbocycles. The summed E-state index contributed by atoms with van der Waals surface area (Å²) in [5, 5.41) is 15.4. The Kier molecular flexibility index (Phi) is 9.21. The average Bonchev–Trinajstić information content (AvgIpc) is 3.15. The summed E-state index contributed by atoms with van der Waals surface area (Å²) in [6, 6.07) is 15.9. The Hall–Kier alpha value is -2.74. The molecule has 184 valence electrons. The smallest absolute Gasteiger partial charge is 0.227 e. The van der Waals surface area contributed by atoms with Gasteiger partial charge in [0, 0.05) is 19.1 Å². The van der Waals surface area contributed by atoms with Crippen LogP contribution in [0.15, 0.2) is 54.6 Å². The molecule has 1 N–H and O–H groups in total. The minimum absolute atomic E-state index is 0.0636. The molecule has 0 aliphatic rings. The van der Waals surface area contributed by atoms with Crippen LogP contribution in [0.2, 0.25) is 0 Å². The molecule has 0 spiro atoms. The normalized spacial score (nSPS) is 12.6. The van der Waals surface area contributed by atoms with E-state index in [9.17, 15) is 9.50 Å². The minimum atomic E-state index is -0.611. The molecule has 0 saturated heterocycles. The number of aromatic nitrogens is 2. The molecule has 1 heterocycles. The fraction of sp³-hybridized carbons (Fsp3) is 0.444. The fourth-order valence-corrected chi connectivity index (χ4v) is 3.67. The van der Waals surface area contributed by atoms with E-state index in [-0.39, 0.29) is 24.6 Å². The fourth-order valence-electron chi connectivity index (χ4n) is 3.67. The summed E-state index contributed by atoms with van der Waals surface area (Å²) >= 11 is 0. The summed E-state index contributed by atoms with van der Waals surface area (Å²) < 4.78 is 27.3. The van der Waals surface area contributed by atoms with Crippen LogP contribution in [0.25, 0.3) is 5.69 Å². The maximum absolute atomic E-state index is 13.6. The Labute approximate surface area is 201 Å². The quantitative estimate of drug-likeness (QED) is 0.387. The van der Waals surface area contributed by atoms with Crippen LogP contribution in [0.3, 0.4) is 0 Å². The van der Waals surface area contributed by atoms with Gasteiger partial charge in [0.15, 0.2) is 0 Å². The van der Waals surface area contributed by atoms with Gasteiger partial charge in [0.2, 0.25) is 5.88 Å². The molecule has 0 aliphatic heterocycles. The van der Waals surface area contributed by atoms with Gasteiger partial charge >= 0.3 is 0 Å². The van der Waals surface area contributed by atoms with Crippen molar-refractivity contribution in [3.8, 4) is 17.3 Å². The van der Waals surface area contributed by atoms with E-state index < -0.39 is 6.10 Å². The zero-order chi connectivity index (χ0) is 24.7. The van der Waals surface area contributed by atoms with Crippen LogP contribution in [0.5, 0.6) is 11.6 Å². The zero-order valence-corrected chi connectivity index (χ0v) is 20.7. The van der Waals surface area contributed by atoms with Crippen molar-refractivity contribution in [2.24, 2.45) is 0 Å². The van der Waals surface area contributed by atoms with Gasteiger partial charge in [-0.25, -0.2) is 9.07 Å². The molecule has 1 unspecified atom stereocenters. The predicted molar refractivity (Wildman–Crippen MR) is 132 cm³/mol. The molecule has 0 amide bonds. The van der Waals surface area contributed by atoms with Crippen molar-refractivity contribution in [1.29, 1.82) is 0 Å². The standard InChI is InChI=1S/C27H36FN3O3/c1-6-26-25(17-30(19(2)3)16-23(32)18-33-20(4)5)27(34-24-10-8-7-9-11-24)31(29-26)22-14-12-21(28)13-15-22/h7-15,19-20,23,32H,6,16-18H2,1-5H3. The lowest BCUT2D eigenvalue weighted by molar-refractivity contribution is -0.0137. The predicted octanol–water partition coefficient (Wildman–Crippen LogP) is 5.36. The Morgan fingerprint density at radius 2 is 1.71 bits per heavy atom.